The molecule has 2 heterocycles. The van der Waals surface area contributed by atoms with E-state index in [1.54, 1.807) is 37.3 Å². The number of pyridine rings is 1. The average molecular weight is 457 g/mol. The zero-order valence-corrected chi connectivity index (χ0v) is 18.9. The third-order valence-electron chi connectivity index (χ3n) is 5.82. The minimum atomic E-state index is -3.90. The van der Waals surface area contributed by atoms with E-state index in [0.29, 0.717) is 49.1 Å². The van der Waals surface area contributed by atoms with Crippen LogP contribution in [0.4, 0.5) is 10.1 Å². The molecule has 1 saturated heterocycles. The number of halogens is 1. The smallest absolute Gasteiger partial charge is 0.309 e. The zero-order chi connectivity index (χ0) is 22.9. The SMILES string of the molecule is CCOC(=O)C1CCN(c2c(S(=O)(=O)c3ccc(C)cc3)cnc3ccc(F)cc23)CC1. The highest BCUT2D eigenvalue weighted by Crippen LogP contribution is 2.38. The van der Waals surface area contributed by atoms with Gasteiger partial charge in [0.15, 0.2) is 0 Å². The lowest BCUT2D eigenvalue weighted by molar-refractivity contribution is -0.148. The number of benzene rings is 2. The molecule has 0 atom stereocenters. The monoisotopic (exact) mass is 456 g/mol. The quantitative estimate of drug-likeness (QED) is 0.533. The maximum Gasteiger partial charge on any atom is 0.309 e. The first-order valence-electron chi connectivity index (χ1n) is 10.6. The summed E-state index contributed by atoms with van der Waals surface area (Å²) in [6, 6.07) is 10.8. The van der Waals surface area contributed by atoms with Gasteiger partial charge in [-0.3, -0.25) is 9.78 Å². The number of hydrogen-bond donors (Lipinski definition) is 0. The molecule has 8 heteroatoms. The highest BCUT2D eigenvalue weighted by Gasteiger charge is 2.31. The Morgan fingerprint density at radius 2 is 1.84 bits per heavy atom. The summed E-state index contributed by atoms with van der Waals surface area (Å²) in [7, 11) is -3.90. The van der Waals surface area contributed by atoms with Crippen LogP contribution in [0.3, 0.4) is 0 Å². The Bertz CT molecular complexity index is 1250. The van der Waals surface area contributed by atoms with Gasteiger partial charge < -0.3 is 9.64 Å². The van der Waals surface area contributed by atoms with Crippen molar-refractivity contribution in [3.63, 3.8) is 0 Å². The van der Waals surface area contributed by atoms with Gasteiger partial charge in [-0.25, -0.2) is 12.8 Å². The number of hydrogen-bond acceptors (Lipinski definition) is 6. The number of nitrogens with zero attached hydrogens (tertiary/aromatic N) is 2. The summed E-state index contributed by atoms with van der Waals surface area (Å²) in [6.45, 7) is 4.89. The molecular weight excluding hydrogens is 431 g/mol. The molecule has 0 unspecified atom stereocenters. The standard InChI is InChI=1S/C24H25FN2O4S/c1-3-31-24(28)17-10-12-27(13-11-17)23-20-14-18(25)6-9-21(20)26-15-22(23)32(29,30)19-7-4-16(2)5-8-19/h4-9,14-15,17H,3,10-13H2,1-2H3. The number of ether oxygens (including phenoxy) is 1. The fraction of sp³-hybridized carbons (Fsp3) is 0.333. The van der Waals surface area contributed by atoms with E-state index in [9.17, 15) is 17.6 Å². The van der Waals surface area contributed by atoms with E-state index in [-0.39, 0.29) is 21.7 Å². The topological polar surface area (TPSA) is 76.6 Å². The molecule has 0 amide bonds. The van der Waals surface area contributed by atoms with Crippen LogP contribution in [0.2, 0.25) is 0 Å². The van der Waals surface area contributed by atoms with Crippen LogP contribution in [0, 0.1) is 18.7 Å². The summed E-state index contributed by atoms with van der Waals surface area (Å²) in [5, 5.41) is 0.438. The van der Waals surface area contributed by atoms with E-state index in [4.69, 9.17) is 4.74 Å². The largest absolute Gasteiger partial charge is 0.466 e. The van der Waals surface area contributed by atoms with Crippen molar-refractivity contribution in [3.05, 3.63) is 60.0 Å². The van der Waals surface area contributed by atoms with E-state index < -0.39 is 15.7 Å². The molecule has 0 spiro atoms. The van der Waals surface area contributed by atoms with Gasteiger partial charge in [0.25, 0.3) is 0 Å². The van der Waals surface area contributed by atoms with E-state index in [1.165, 1.54) is 18.3 Å². The first-order valence-corrected chi connectivity index (χ1v) is 12.1. The van der Waals surface area contributed by atoms with Crippen molar-refractivity contribution in [2.45, 2.75) is 36.5 Å². The van der Waals surface area contributed by atoms with Crippen LogP contribution < -0.4 is 4.90 Å². The predicted octanol–water partition coefficient (Wildman–Crippen LogP) is 4.29. The van der Waals surface area contributed by atoms with Gasteiger partial charge >= 0.3 is 5.97 Å². The van der Waals surface area contributed by atoms with Crippen LogP contribution >= 0.6 is 0 Å². The number of aromatic nitrogens is 1. The normalized spacial score (nSPS) is 15.2. The zero-order valence-electron chi connectivity index (χ0n) is 18.0. The van der Waals surface area contributed by atoms with Crippen LogP contribution in [0.1, 0.15) is 25.3 Å². The molecular formula is C24H25FN2O4S. The van der Waals surface area contributed by atoms with Gasteiger partial charge in [0.1, 0.15) is 10.7 Å². The number of esters is 1. The lowest BCUT2D eigenvalue weighted by Crippen LogP contribution is -2.37. The molecule has 1 fully saturated rings. The Hall–Kier alpha value is -3.00. The molecule has 2 aromatic carbocycles. The number of anilines is 1. The number of fused-ring (bicyclic) bond motifs is 1. The van der Waals surface area contributed by atoms with Gasteiger partial charge in [-0.2, -0.15) is 0 Å². The van der Waals surface area contributed by atoms with Crippen molar-refractivity contribution in [2.75, 3.05) is 24.6 Å². The summed E-state index contributed by atoms with van der Waals surface area (Å²) in [5.74, 6) is -0.926. The van der Waals surface area contributed by atoms with Crippen molar-refractivity contribution < 1.29 is 22.3 Å². The first-order chi connectivity index (χ1) is 15.3. The predicted molar refractivity (Wildman–Crippen MR) is 120 cm³/mol. The highest BCUT2D eigenvalue weighted by atomic mass is 32.2. The fourth-order valence-electron chi connectivity index (χ4n) is 4.10. The number of piperidine rings is 1. The maximum absolute atomic E-state index is 14.2. The number of sulfone groups is 1. The molecule has 0 bridgehead atoms. The van der Waals surface area contributed by atoms with E-state index in [2.05, 4.69) is 4.98 Å². The van der Waals surface area contributed by atoms with Crippen molar-refractivity contribution in [2.24, 2.45) is 5.92 Å². The van der Waals surface area contributed by atoms with Crippen molar-refractivity contribution in [1.82, 2.24) is 4.98 Å². The number of aryl methyl sites for hydroxylation is 1. The van der Waals surface area contributed by atoms with Crippen LogP contribution in [0.15, 0.2) is 58.5 Å². The lowest BCUT2D eigenvalue weighted by atomic mass is 9.96. The Labute approximate surface area is 186 Å². The second kappa shape index (κ2) is 8.86. The van der Waals surface area contributed by atoms with Gasteiger partial charge in [-0.1, -0.05) is 17.7 Å². The molecule has 168 valence electrons. The van der Waals surface area contributed by atoms with E-state index in [0.717, 1.165) is 5.56 Å². The average Bonchev–Trinajstić information content (AvgIpc) is 2.79. The summed E-state index contributed by atoms with van der Waals surface area (Å²) in [5.41, 5.74) is 1.89. The first kappa shape index (κ1) is 22.2. The molecule has 6 nitrogen and oxygen atoms in total. The molecule has 4 rings (SSSR count). The van der Waals surface area contributed by atoms with Crippen LogP contribution in [0.5, 0.6) is 0 Å². The van der Waals surface area contributed by atoms with Gasteiger partial charge in [-0.15, -0.1) is 0 Å². The Morgan fingerprint density at radius 1 is 1.16 bits per heavy atom. The number of carbonyl (C=O) groups is 1. The van der Waals surface area contributed by atoms with E-state index in [1.807, 2.05) is 11.8 Å². The molecule has 3 aromatic rings. The summed E-state index contributed by atoms with van der Waals surface area (Å²) < 4.78 is 46.4. The van der Waals surface area contributed by atoms with Gasteiger partial charge in [0, 0.05) is 24.7 Å². The van der Waals surface area contributed by atoms with Gasteiger partial charge in [0.2, 0.25) is 9.84 Å². The second-order valence-corrected chi connectivity index (χ2v) is 9.88. The summed E-state index contributed by atoms with van der Waals surface area (Å²) in [4.78, 5) is 18.6. The van der Waals surface area contributed by atoms with Crippen LogP contribution in [-0.4, -0.2) is 39.1 Å². The van der Waals surface area contributed by atoms with Crippen LogP contribution in [0.25, 0.3) is 10.9 Å². The lowest BCUT2D eigenvalue weighted by Gasteiger charge is -2.34. The minimum Gasteiger partial charge on any atom is -0.466 e. The molecule has 1 aromatic heterocycles. The Kier molecular flexibility index (Phi) is 6.15. The van der Waals surface area contributed by atoms with Crippen molar-refractivity contribution in [3.8, 4) is 0 Å². The molecule has 1 aliphatic heterocycles. The molecule has 0 N–H and O–H groups in total. The Balaban J connectivity index is 1.81. The van der Waals surface area contributed by atoms with Crippen molar-refractivity contribution >= 4 is 32.4 Å². The second-order valence-electron chi connectivity index (χ2n) is 7.96. The Morgan fingerprint density at radius 3 is 2.50 bits per heavy atom. The summed E-state index contributed by atoms with van der Waals surface area (Å²) >= 11 is 0. The highest BCUT2D eigenvalue weighted by molar-refractivity contribution is 7.91. The molecule has 0 saturated carbocycles. The fourth-order valence-corrected chi connectivity index (χ4v) is 5.53. The van der Waals surface area contributed by atoms with E-state index >= 15 is 0 Å². The van der Waals surface area contributed by atoms with Crippen molar-refractivity contribution in [1.29, 1.82) is 0 Å². The number of rotatable bonds is 5. The maximum atomic E-state index is 14.2. The molecule has 0 aliphatic carbocycles. The minimum absolute atomic E-state index is 0.0361. The molecule has 0 radical (unpaired) electrons. The van der Waals surface area contributed by atoms with Crippen LogP contribution in [-0.2, 0) is 19.4 Å². The summed E-state index contributed by atoms with van der Waals surface area (Å²) in [6.07, 6.45) is 2.41. The third kappa shape index (κ3) is 4.19. The molecule has 1 aliphatic rings. The van der Waals surface area contributed by atoms with Gasteiger partial charge in [0.05, 0.1) is 28.6 Å². The number of carbonyl (C=O) groups excluding carboxylic acids is 1. The van der Waals surface area contributed by atoms with Gasteiger partial charge in [-0.05, 0) is 57.0 Å². The molecule has 32 heavy (non-hydrogen) atoms. The third-order valence-corrected chi connectivity index (χ3v) is 7.59.